The molecule has 0 spiro atoms. The van der Waals surface area contributed by atoms with Gasteiger partial charge in [-0.3, -0.25) is 4.79 Å². The van der Waals surface area contributed by atoms with Crippen LogP contribution >= 0.6 is 0 Å². The van der Waals surface area contributed by atoms with Crippen LogP contribution in [-0.4, -0.2) is 24.5 Å². The molecule has 1 amide bonds. The minimum atomic E-state index is 0.227. The Morgan fingerprint density at radius 1 is 1.40 bits per heavy atom. The molecule has 88 valence electrons. The van der Waals surface area contributed by atoms with E-state index in [4.69, 9.17) is 0 Å². The normalized spacial score (nSPS) is 26.3. The molecule has 1 saturated heterocycles. The third-order valence-electron chi connectivity index (χ3n) is 3.03. The first-order valence-corrected chi connectivity index (χ1v) is 6.25. The van der Waals surface area contributed by atoms with E-state index in [0.717, 1.165) is 25.8 Å². The topological polar surface area (TPSA) is 41.1 Å². The van der Waals surface area contributed by atoms with E-state index >= 15 is 0 Å². The van der Waals surface area contributed by atoms with Gasteiger partial charge < -0.3 is 10.6 Å². The van der Waals surface area contributed by atoms with E-state index in [1.54, 1.807) is 0 Å². The molecule has 3 nitrogen and oxygen atoms in total. The van der Waals surface area contributed by atoms with Crippen molar-refractivity contribution in [1.29, 1.82) is 0 Å². The molecular weight excluding hydrogens is 188 g/mol. The summed E-state index contributed by atoms with van der Waals surface area (Å²) in [4.78, 5) is 11.5. The first kappa shape index (κ1) is 12.5. The summed E-state index contributed by atoms with van der Waals surface area (Å²) in [6.45, 7) is 5.28. The average Bonchev–Trinajstić information content (AvgIpc) is 2.22. The van der Waals surface area contributed by atoms with Gasteiger partial charge in [0.1, 0.15) is 0 Å². The molecule has 2 N–H and O–H groups in total. The average molecular weight is 212 g/mol. The molecular formula is C12H24N2O. The van der Waals surface area contributed by atoms with Crippen LogP contribution in [0.5, 0.6) is 0 Å². The summed E-state index contributed by atoms with van der Waals surface area (Å²) in [5.41, 5.74) is 0. The highest BCUT2D eigenvalue weighted by molar-refractivity contribution is 5.76. The van der Waals surface area contributed by atoms with Crippen LogP contribution in [0.4, 0.5) is 0 Å². The van der Waals surface area contributed by atoms with Crippen LogP contribution in [0.25, 0.3) is 0 Å². The van der Waals surface area contributed by atoms with Gasteiger partial charge in [-0.15, -0.1) is 0 Å². The number of carbonyl (C=O) groups excluding carboxylic acids is 1. The molecule has 0 aromatic heterocycles. The highest BCUT2D eigenvalue weighted by Crippen LogP contribution is 2.08. The van der Waals surface area contributed by atoms with Crippen LogP contribution in [0.3, 0.4) is 0 Å². The number of carbonyl (C=O) groups is 1. The van der Waals surface area contributed by atoms with Crippen molar-refractivity contribution in [2.45, 2.75) is 64.5 Å². The summed E-state index contributed by atoms with van der Waals surface area (Å²) in [7, 11) is 0. The monoisotopic (exact) mass is 212 g/mol. The van der Waals surface area contributed by atoms with Crippen molar-refractivity contribution in [3.63, 3.8) is 0 Å². The highest BCUT2D eigenvalue weighted by Gasteiger charge is 2.18. The second-order valence-electron chi connectivity index (χ2n) is 4.61. The second-order valence-corrected chi connectivity index (χ2v) is 4.61. The molecule has 0 aromatic carbocycles. The van der Waals surface area contributed by atoms with Gasteiger partial charge in [-0.1, -0.05) is 19.8 Å². The van der Waals surface area contributed by atoms with Crippen LogP contribution in [0.1, 0.15) is 52.4 Å². The predicted molar refractivity (Wildman–Crippen MR) is 62.8 cm³/mol. The van der Waals surface area contributed by atoms with Crippen LogP contribution in [-0.2, 0) is 4.79 Å². The Kier molecular flexibility index (Phi) is 5.69. The predicted octanol–water partition coefficient (Wildman–Crippen LogP) is 1.82. The van der Waals surface area contributed by atoms with Gasteiger partial charge in [-0.2, -0.15) is 0 Å². The fraction of sp³-hybridized carbons (Fsp3) is 0.917. The number of hydrogen-bond donors (Lipinski definition) is 2. The van der Waals surface area contributed by atoms with Gasteiger partial charge in [-0.05, 0) is 26.2 Å². The maximum atomic E-state index is 11.5. The first-order valence-electron chi connectivity index (χ1n) is 6.25. The van der Waals surface area contributed by atoms with Gasteiger partial charge in [0.2, 0.25) is 5.91 Å². The van der Waals surface area contributed by atoms with Gasteiger partial charge in [0, 0.05) is 25.0 Å². The van der Waals surface area contributed by atoms with Crippen LogP contribution < -0.4 is 10.6 Å². The molecule has 15 heavy (non-hydrogen) atoms. The second kappa shape index (κ2) is 6.83. The Balaban J connectivity index is 2.09. The highest BCUT2D eigenvalue weighted by atomic mass is 16.1. The Morgan fingerprint density at radius 3 is 2.80 bits per heavy atom. The van der Waals surface area contributed by atoms with Crippen LogP contribution in [0.15, 0.2) is 0 Å². The number of rotatable bonds is 5. The molecule has 1 aliphatic rings. The number of piperidine rings is 1. The van der Waals surface area contributed by atoms with Crippen molar-refractivity contribution < 1.29 is 4.79 Å². The van der Waals surface area contributed by atoms with E-state index in [0.29, 0.717) is 18.5 Å². The summed E-state index contributed by atoms with van der Waals surface area (Å²) in [5, 5.41) is 6.49. The van der Waals surface area contributed by atoms with Crippen molar-refractivity contribution in [1.82, 2.24) is 10.6 Å². The summed E-state index contributed by atoms with van der Waals surface area (Å²) < 4.78 is 0. The Hall–Kier alpha value is -0.570. The van der Waals surface area contributed by atoms with E-state index in [9.17, 15) is 4.79 Å². The van der Waals surface area contributed by atoms with E-state index in [-0.39, 0.29) is 5.91 Å². The quantitative estimate of drug-likeness (QED) is 0.683. The van der Waals surface area contributed by atoms with E-state index in [1.807, 2.05) is 0 Å². The van der Waals surface area contributed by atoms with E-state index in [2.05, 4.69) is 24.5 Å². The van der Waals surface area contributed by atoms with Crippen molar-refractivity contribution in [2.75, 3.05) is 6.54 Å². The maximum Gasteiger partial charge on any atom is 0.220 e. The largest absolute Gasteiger partial charge is 0.352 e. The molecule has 0 bridgehead atoms. The van der Waals surface area contributed by atoms with Crippen molar-refractivity contribution in [3.05, 3.63) is 0 Å². The molecule has 1 rings (SSSR count). The van der Waals surface area contributed by atoms with Crippen molar-refractivity contribution >= 4 is 5.91 Å². The summed E-state index contributed by atoms with van der Waals surface area (Å²) in [6, 6.07) is 0.966. The number of hydrogen-bond acceptors (Lipinski definition) is 2. The van der Waals surface area contributed by atoms with Gasteiger partial charge >= 0.3 is 0 Å². The zero-order valence-electron chi connectivity index (χ0n) is 10.0. The van der Waals surface area contributed by atoms with Crippen LogP contribution in [0.2, 0.25) is 0 Å². The fourth-order valence-corrected chi connectivity index (χ4v) is 1.96. The van der Waals surface area contributed by atoms with Gasteiger partial charge in [0.05, 0.1) is 0 Å². The zero-order chi connectivity index (χ0) is 11.1. The first-order chi connectivity index (χ1) is 7.22. The SMILES string of the molecule is CCCCCC(=O)NC1CCC(C)NC1. The Bertz CT molecular complexity index is 186. The summed E-state index contributed by atoms with van der Waals surface area (Å²) in [5.74, 6) is 0.227. The van der Waals surface area contributed by atoms with E-state index < -0.39 is 0 Å². The standard InChI is InChI=1S/C12H24N2O/c1-3-4-5-6-12(15)14-11-8-7-10(2)13-9-11/h10-11,13H,3-9H2,1-2H3,(H,14,15). The summed E-state index contributed by atoms with van der Waals surface area (Å²) >= 11 is 0. The number of nitrogens with one attached hydrogen (secondary N) is 2. The summed E-state index contributed by atoms with van der Waals surface area (Å²) in [6.07, 6.45) is 6.34. The fourth-order valence-electron chi connectivity index (χ4n) is 1.96. The third-order valence-corrected chi connectivity index (χ3v) is 3.03. The zero-order valence-corrected chi connectivity index (χ0v) is 10.0. The number of amides is 1. The van der Waals surface area contributed by atoms with Crippen molar-refractivity contribution in [3.8, 4) is 0 Å². The van der Waals surface area contributed by atoms with Crippen LogP contribution in [0, 0.1) is 0 Å². The smallest absolute Gasteiger partial charge is 0.220 e. The lowest BCUT2D eigenvalue weighted by atomic mass is 10.0. The lowest BCUT2D eigenvalue weighted by molar-refractivity contribution is -0.122. The molecule has 0 aliphatic carbocycles. The van der Waals surface area contributed by atoms with Gasteiger partial charge in [-0.25, -0.2) is 0 Å². The van der Waals surface area contributed by atoms with E-state index in [1.165, 1.54) is 12.8 Å². The minimum absolute atomic E-state index is 0.227. The molecule has 0 saturated carbocycles. The molecule has 1 fully saturated rings. The molecule has 3 heteroatoms. The molecule has 1 aliphatic heterocycles. The maximum absolute atomic E-state index is 11.5. The Labute approximate surface area is 93.0 Å². The third kappa shape index (κ3) is 5.17. The van der Waals surface area contributed by atoms with Gasteiger partial charge in [0.25, 0.3) is 0 Å². The van der Waals surface area contributed by atoms with Crippen molar-refractivity contribution in [2.24, 2.45) is 0 Å². The minimum Gasteiger partial charge on any atom is -0.352 e. The molecule has 1 heterocycles. The lowest BCUT2D eigenvalue weighted by Gasteiger charge is -2.28. The molecule has 0 aromatic rings. The molecule has 0 radical (unpaired) electrons. The molecule has 2 unspecified atom stereocenters. The number of unbranched alkanes of at least 4 members (excludes halogenated alkanes) is 2. The lowest BCUT2D eigenvalue weighted by Crippen LogP contribution is -2.48. The Morgan fingerprint density at radius 2 is 2.20 bits per heavy atom. The van der Waals surface area contributed by atoms with Gasteiger partial charge in [0.15, 0.2) is 0 Å². The molecule has 2 atom stereocenters.